The molecule has 180 valence electrons. The van der Waals surface area contributed by atoms with Crippen LogP contribution >= 0.6 is 0 Å². The highest BCUT2D eigenvalue weighted by atomic mass is 16.5. The fraction of sp³-hybridized carbons (Fsp3) is 0.409. The smallest absolute Gasteiger partial charge is 0.262 e. The van der Waals surface area contributed by atoms with Crippen molar-refractivity contribution >= 4 is 28.7 Å². The van der Waals surface area contributed by atoms with E-state index >= 15 is 0 Å². The number of amides is 1. The van der Waals surface area contributed by atoms with Crippen molar-refractivity contribution in [3.05, 3.63) is 40.4 Å². The van der Waals surface area contributed by atoms with Crippen molar-refractivity contribution in [2.45, 2.75) is 12.5 Å². The molecule has 34 heavy (non-hydrogen) atoms. The number of benzene rings is 1. The number of nitrogen functional groups attached to an aromatic ring is 1. The number of morpholine rings is 1. The van der Waals surface area contributed by atoms with Gasteiger partial charge >= 0.3 is 0 Å². The number of fused-ring (bicyclic) bond motifs is 1. The molecule has 1 aliphatic heterocycles. The first-order chi connectivity index (χ1) is 16.4. The second-order valence-electron chi connectivity index (χ2n) is 7.97. The largest absolute Gasteiger partial charge is 0.491 e. The quantitative estimate of drug-likeness (QED) is 0.506. The van der Waals surface area contributed by atoms with Gasteiger partial charge in [-0.2, -0.15) is 0 Å². The van der Waals surface area contributed by atoms with E-state index in [2.05, 4.69) is 32.2 Å². The summed E-state index contributed by atoms with van der Waals surface area (Å²) in [5, 5.41) is 2.95. The number of carbonyl (C=O) groups excluding carboxylic acids is 1. The van der Waals surface area contributed by atoms with Gasteiger partial charge in [-0.1, -0.05) is 0 Å². The predicted octanol–water partition coefficient (Wildman–Crippen LogP) is 0.666. The Morgan fingerprint density at radius 2 is 2.06 bits per heavy atom. The Hall–Kier alpha value is -3.77. The topological polar surface area (TPSA) is 147 Å². The van der Waals surface area contributed by atoms with Gasteiger partial charge in [0.1, 0.15) is 5.52 Å². The van der Waals surface area contributed by atoms with Crippen LogP contribution in [0.4, 0.5) is 11.9 Å². The lowest BCUT2D eigenvalue weighted by atomic mass is 10.2. The van der Waals surface area contributed by atoms with Crippen molar-refractivity contribution < 1.29 is 19.0 Å². The van der Waals surface area contributed by atoms with Crippen molar-refractivity contribution in [3.63, 3.8) is 0 Å². The highest BCUT2D eigenvalue weighted by Crippen LogP contribution is 2.34. The molecule has 3 heterocycles. The van der Waals surface area contributed by atoms with E-state index in [1.54, 1.807) is 12.1 Å². The molecule has 1 atom stereocenters. The molecular formula is C22H27N7O5. The predicted molar refractivity (Wildman–Crippen MR) is 125 cm³/mol. The van der Waals surface area contributed by atoms with Crippen LogP contribution in [0.3, 0.4) is 0 Å². The molecule has 3 aromatic rings. The van der Waals surface area contributed by atoms with E-state index in [1.165, 1.54) is 31.1 Å². The lowest BCUT2D eigenvalue weighted by molar-refractivity contribution is -0.0284. The average Bonchev–Trinajstić information content (AvgIpc) is 2.82. The Labute approximate surface area is 195 Å². The van der Waals surface area contributed by atoms with Crippen molar-refractivity contribution in [2.75, 3.05) is 51.5 Å². The number of anilines is 2. The first kappa shape index (κ1) is 23.4. The molecule has 12 heteroatoms. The second-order valence-corrected chi connectivity index (χ2v) is 7.97. The van der Waals surface area contributed by atoms with Crippen molar-refractivity contribution in [3.8, 4) is 11.5 Å². The molecule has 4 rings (SSSR count). The molecular weight excluding hydrogens is 442 g/mol. The molecule has 1 aliphatic rings. The van der Waals surface area contributed by atoms with Gasteiger partial charge in [-0.3, -0.25) is 19.5 Å². The third kappa shape index (κ3) is 4.92. The number of likely N-dealkylation sites (N-methyl/N-ethyl adjacent to an activating group) is 1. The lowest BCUT2D eigenvalue weighted by Crippen LogP contribution is -2.40. The van der Waals surface area contributed by atoms with Gasteiger partial charge in [0.25, 0.3) is 11.5 Å². The van der Waals surface area contributed by atoms with Crippen molar-refractivity contribution in [2.24, 2.45) is 7.05 Å². The van der Waals surface area contributed by atoms with Gasteiger partial charge in [0.15, 0.2) is 11.5 Å². The molecule has 3 N–H and O–H groups in total. The lowest BCUT2D eigenvalue weighted by Gasteiger charge is -2.30. The first-order valence-electron chi connectivity index (χ1n) is 10.8. The summed E-state index contributed by atoms with van der Waals surface area (Å²) in [6.07, 6.45) is 3.38. The van der Waals surface area contributed by atoms with Gasteiger partial charge in [-0.05, 0) is 19.2 Å². The minimum absolute atomic E-state index is 0.0356. The Kier molecular flexibility index (Phi) is 6.89. The Balaban J connectivity index is 1.59. The summed E-state index contributed by atoms with van der Waals surface area (Å²) in [5.41, 5.74) is 5.57. The van der Waals surface area contributed by atoms with Crippen LogP contribution in [0.5, 0.6) is 11.5 Å². The van der Waals surface area contributed by atoms with Crippen LogP contribution < -0.4 is 26.1 Å². The third-order valence-corrected chi connectivity index (χ3v) is 5.57. The standard InChI is InChI=1S/C22H27N7O5/c1-28-7-9-33-14(12-28)6-8-34-16-5-4-15-17(18(16)32-3)26-22(29(2)20(15)31)27-19(30)13-10-24-21(23)25-11-13/h4-5,10-11,14H,6-9,12H2,1-3H3,(H2,23,24,25)(H,26,27,30)/t14-/m1/s1. The molecule has 2 aromatic heterocycles. The third-order valence-electron chi connectivity index (χ3n) is 5.57. The number of nitrogens with one attached hydrogen (secondary N) is 1. The Morgan fingerprint density at radius 3 is 2.76 bits per heavy atom. The van der Waals surface area contributed by atoms with E-state index in [9.17, 15) is 9.59 Å². The molecule has 0 unspecified atom stereocenters. The molecule has 1 amide bonds. The number of nitrogens with two attached hydrogens (primary N) is 1. The summed E-state index contributed by atoms with van der Waals surface area (Å²) in [5.74, 6) is 0.304. The number of methoxy groups -OCH3 is 1. The average molecular weight is 470 g/mol. The molecule has 1 saturated heterocycles. The zero-order valence-electron chi connectivity index (χ0n) is 19.3. The van der Waals surface area contributed by atoms with Crippen LogP contribution in [0.15, 0.2) is 29.3 Å². The van der Waals surface area contributed by atoms with Gasteiger partial charge in [0, 0.05) is 39.0 Å². The maximum Gasteiger partial charge on any atom is 0.262 e. The maximum atomic E-state index is 13.0. The monoisotopic (exact) mass is 469 g/mol. The Bertz CT molecular complexity index is 1250. The van der Waals surface area contributed by atoms with E-state index in [-0.39, 0.29) is 34.6 Å². The van der Waals surface area contributed by atoms with Gasteiger partial charge in [-0.25, -0.2) is 15.0 Å². The summed E-state index contributed by atoms with van der Waals surface area (Å²) in [6.45, 7) is 2.87. The van der Waals surface area contributed by atoms with Crippen molar-refractivity contribution in [1.29, 1.82) is 0 Å². The number of rotatable bonds is 7. The summed E-state index contributed by atoms with van der Waals surface area (Å²) in [7, 11) is 5.05. The van der Waals surface area contributed by atoms with Crippen LogP contribution in [-0.4, -0.2) is 76.9 Å². The van der Waals surface area contributed by atoms with E-state index < -0.39 is 5.91 Å². The van der Waals surface area contributed by atoms with E-state index in [4.69, 9.17) is 19.9 Å². The van der Waals surface area contributed by atoms with E-state index in [0.29, 0.717) is 36.5 Å². The molecule has 0 aliphatic carbocycles. The van der Waals surface area contributed by atoms with Gasteiger partial charge in [-0.15, -0.1) is 0 Å². The van der Waals surface area contributed by atoms with Gasteiger partial charge < -0.3 is 24.8 Å². The zero-order valence-corrected chi connectivity index (χ0v) is 19.3. The molecule has 1 fully saturated rings. The summed E-state index contributed by atoms with van der Waals surface area (Å²) in [4.78, 5) is 39.9. The van der Waals surface area contributed by atoms with Crippen LogP contribution in [0.1, 0.15) is 16.8 Å². The highest BCUT2D eigenvalue weighted by Gasteiger charge is 2.20. The SMILES string of the molecule is COc1c(OCC[C@@H]2CN(C)CCO2)ccc2c(=O)n(C)c(NC(=O)c3cnc(N)nc3)nc12. The minimum Gasteiger partial charge on any atom is -0.491 e. The fourth-order valence-corrected chi connectivity index (χ4v) is 3.69. The molecule has 12 nitrogen and oxygen atoms in total. The van der Waals surface area contributed by atoms with E-state index in [0.717, 1.165) is 13.1 Å². The summed E-state index contributed by atoms with van der Waals surface area (Å²) in [6, 6.07) is 3.31. The highest BCUT2D eigenvalue weighted by molar-refractivity contribution is 6.03. The van der Waals surface area contributed by atoms with Crippen LogP contribution in [0.2, 0.25) is 0 Å². The van der Waals surface area contributed by atoms with Gasteiger partial charge in [0.2, 0.25) is 11.9 Å². The fourth-order valence-electron chi connectivity index (χ4n) is 3.69. The summed E-state index contributed by atoms with van der Waals surface area (Å²) < 4.78 is 18.5. The normalized spacial score (nSPS) is 16.4. The molecule has 1 aromatic carbocycles. The maximum absolute atomic E-state index is 13.0. The zero-order chi connectivity index (χ0) is 24.2. The second kappa shape index (κ2) is 10.0. The van der Waals surface area contributed by atoms with Gasteiger partial charge in [0.05, 0.1) is 37.4 Å². The number of aromatic nitrogens is 4. The number of hydrogen-bond donors (Lipinski definition) is 2. The summed E-state index contributed by atoms with van der Waals surface area (Å²) >= 11 is 0. The molecule has 0 radical (unpaired) electrons. The van der Waals surface area contributed by atoms with Crippen LogP contribution in [-0.2, 0) is 11.8 Å². The van der Waals surface area contributed by atoms with E-state index in [1.807, 2.05) is 0 Å². The van der Waals surface area contributed by atoms with Crippen LogP contribution in [0.25, 0.3) is 10.9 Å². The molecule has 0 spiro atoms. The molecule has 0 bridgehead atoms. The minimum atomic E-state index is -0.536. The van der Waals surface area contributed by atoms with Crippen molar-refractivity contribution in [1.82, 2.24) is 24.4 Å². The number of hydrogen-bond acceptors (Lipinski definition) is 10. The van der Waals surface area contributed by atoms with Crippen LogP contribution in [0, 0.1) is 0 Å². The Morgan fingerprint density at radius 1 is 1.29 bits per heavy atom. The molecule has 0 saturated carbocycles. The first-order valence-corrected chi connectivity index (χ1v) is 10.8. The number of carbonyl (C=O) groups is 1. The number of ether oxygens (including phenoxy) is 3. The number of nitrogens with zero attached hydrogens (tertiary/aromatic N) is 5.